The Labute approximate surface area is 152 Å². The zero-order valence-corrected chi connectivity index (χ0v) is 14.9. The molecule has 2 aliphatic rings. The maximum atomic E-state index is 12.8. The lowest BCUT2D eigenvalue weighted by molar-refractivity contribution is -0.124. The number of rotatable bonds is 3. The van der Waals surface area contributed by atoms with Crippen molar-refractivity contribution >= 4 is 22.8 Å². The van der Waals surface area contributed by atoms with E-state index in [9.17, 15) is 9.59 Å². The molecule has 2 aromatic rings. The van der Waals surface area contributed by atoms with E-state index in [1.165, 1.54) is 0 Å². The highest BCUT2D eigenvalue weighted by atomic mass is 16.5. The Kier molecular flexibility index (Phi) is 4.44. The number of carbonyl (C=O) groups is 2. The van der Waals surface area contributed by atoms with Gasteiger partial charge >= 0.3 is 0 Å². The van der Waals surface area contributed by atoms with E-state index in [2.05, 4.69) is 0 Å². The molecule has 0 unspecified atom stereocenters. The van der Waals surface area contributed by atoms with Crippen molar-refractivity contribution in [2.45, 2.75) is 32.3 Å². The van der Waals surface area contributed by atoms with Crippen molar-refractivity contribution in [2.75, 3.05) is 19.7 Å². The van der Waals surface area contributed by atoms with Crippen LogP contribution in [-0.2, 0) is 9.53 Å². The summed E-state index contributed by atoms with van der Waals surface area (Å²) in [7, 11) is 0. The Morgan fingerprint density at radius 2 is 1.92 bits per heavy atom. The average molecular weight is 356 g/mol. The van der Waals surface area contributed by atoms with Gasteiger partial charge in [0.15, 0.2) is 5.76 Å². The molecule has 2 fully saturated rings. The summed E-state index contributed by atoms with van der Waals surface area (Å²) < 4.78 is 11.5. The number of aryl methyl sites for hydroxylation is 1. The Bertz CT molecular complexity index is 835. The molecule has 0 spiro atoms. The van der Waals surface area contributed by atoms with Crippen LogP contribution in [0.5, 0.6) is 0 Å². The highest BCUT2D eigenvalue weighted by Crippen LogP contribution is 2.33. The summed E-state index contributed by atoms with van der Waals surface area (Å²) in [5.74, 6) is 0.120. The first-order chi connectivity index (χ1) is 12.5. The van der Waals surface area contributed by atoms with Crippen molar-refractivity contribution in [3.63, 3.8) is 0 Å². The molecule has 6 nitrogen and oxygen atoms in total. The minimum atomic E-state index is -0.274. The summed E-state index contributed by atoms with van der Waals surface area (Å²) >= 11 is 0. The number of primary amides is 1. The van der Waals surface area contributed by atoms with Gasteiger partial charge in [0.25, 0.3) is 5.91 Å². The van der Waals surface area contributed by atoms with E-state index in [0.717, 1.165) is 29.4 Å². The van der Waals surface area contributed by atoms with Gasteiger partial charge in [-0.25, -0.2) is 0 Å². The van der Waals surface area contributed by atoms with E-state index in [1.54, 1.807) is 0 Å². The lowest BCUT2D eigenvalue weighted by Gasteiger charge is -2.35. The van der Waals surface area contributed by atoms with Crippen LogP contribution >= 0.6 is 0 Å². The number of nitrogens with zero attached hydrogens (tertiary/aromatic N) is 1. The minimum absolute atomic E-state index is 0.0731. The quantitative estimate of drug-likeness (QED) is 0.915. The fourth-order valence-electron chi connectivity index (χ4n) is 4.24. The van der Waals surface area contributed by atoms with E-state index in [0.29, 0.717) is 31.9 Å². The van der Waals surface area contributed by atoms with Crippen LogP contribution in [0.25, 0.3) is 11.0 Å². The summed E-state index contributed by atoms with van der Waals surface area (Å²) in [4.78, 5) is 26.2. The van der Waals surface area contributed by atoms with Gasteiger partial charge in [-0.2, -0.15) is 0 Å². The molecule has 2 atom stereocenters. The number of carbonyl (C=O) groups excluding carboxylic acids is 2. The standard InChI is InChI=1S/C20H24N2O4/c1-12-2-3-16-14(10-12)11-17(26-16)20(24)22-7-4-13(5-8-22)18-15(19(21)23)6-9-25-18/h2-3,10-11,13,15,18H,4-9H2,1H3,(H2,21,23)/t15-,18+/m0/s1. The van der Waals surface area contributed by atoms with Crippen molar-refractivity contribution in [3.8, 4) is 0 Å². The predicted octanol–water partition coefficient (Wildman–Crippen LogP) is 2.48. The summed E-state index contributed by atoms with van der Waals surface area (Å²) in [6.45, 7) is 3.90. The van der Waals surface area contributed by atoms with Gasteiger partial charge in [0, 0.05) is 25.1 Å². The molecular formula is C20H24N2O4. The summed E-state index contributed by atoms with van der Waals surface area (Å²) in [5, 5.41) is 0.951. The lowest BCUT2D eigenvalue weighted by Crippen LogP contribution is -2.44. The third-order valence-electron chi connectivity index (χ3n) is 5.68. The van der Waals surface area contributed by atoms with Crippen molar-refractivity contribution < 1.29 is 18.7 Å². The fraction of sp³-hybridized carbons (Fsp3) is 0.500. The molecule has 4 rings (SSSR count). The van der Waals surface area contributed by atoms with Gasteiger partial charge < -0.3 is 19.8 Å². The van der Waals surface area contributed by atoms with Crippen LogP contribution in [0.15, 0.2) is 28.7 Å². The topological polar surface area (TPSA) is 85.8 Å². The fourth-order valence-corrected chi connectivity index (χ4v) is 4.24. The highest BCUT2D eigenvalue weighted by molar-refractivity contribution is 5.96. The smallest absolute Gasteiger partial charge is 0.289 e. The highest BCUT2D eigenvalue weighted by Gasteiger charge is 2.40. The van der Waals surface area contributed by atoms with Crippen LogP contribution in [-0.4, -0.2) is 42.5 Å². The molecule has 3 heterocycles. The molecule has 2 N–H and O–H groups in total. The molecule has 2 aliphatic heterocycles. The van der Waals surface area contributed by atoms with Gasteiger partial charge in [-0.1, -0.05) is 11.6 Å². The first-order valence-electron chi connectivity index (χ1n) is 9.23. The average Bonchev–Trinajstić information content (AvgIpc) is 3.28. The number of amides is 2. The van der Waals surface area contributed by atoms with Crippen LogP contribution in [0.4, 0.5) is 0 Å². The van der Waals surface area contributed by atoms with E-state index in [-0.39, 0.29) is 29.8 Å². The Morgan fingerprint density at radius 1 is 1.15 bits per heavy atom. The van der Waals surface area contributed by atoms with Crippen LogP contribution in [0.2, 0.25) is 0 Å². The van der Waals surface area contributed by atoms with Gasteiger partial charge in [-0.3, -0.25) is 9.59 Å². The Balaban J connectivity index is 1.42. The number of hydrogen-bond donors (Lipinski definition) is 1. The number of furan rings is 1. The third kappa shape index (κ3) is 3.09. The lowest BCUT2D eigenvalue weighted by atomic mass is 9.84. The van der Waals surface area contributed by atoms with E-state index in [4.69, 9.17) is 14.9 Å². The van der Waals surface area contributed by atoms with Crippen LogP contribution in [0.3, 0.4) is 0 Å². The maximum Gasteiger partial charge on any atom is 0.289 e. The normalized spacial score (nSPS) is 24.3. The van der Waals surface area contributed by atoms with Crippen molar-refractivity contribution in [3.05, 3.63) is 35.6 Å². The second kappa shape index (κ2) is 6.76. The number of likely N-dealkylation sites (tertiary alicyclic amines) is 1. The first kappa shape index (κ1) is 17.1. The van der Waals surface area contributed by atoms with Gasteiger partial charge in [0.2, 0.25) is 5.91 Å². The monoisotopic (exact) mass is 356 g/mol. The zero-order chi connectivity index (χ0) is 18.3. The van der Waals surface area contributed by atoms with Crippen LogP contribution in [0.1, 0.15) is 35.4 Å². The maximum absolute atomic E-state index is 12.8. The number of fused-ring (bicyclic) bond motifs is 1. The summed E-state index contributed by atoms with van der Waals surface area (Å²) in [6.07, 6.45) is 2.25. The Morgan fingerprint density at radius 3 is 2.65 bits per heavy atom. The molecule has 0 saturated carbocycles. The molecule has 0 radical (unpaired) electrons. The second-order valence-corrected chi connectivity index (χ2v) is 7.41. The van der Waals surface area contributed by atoms with Crippen molar-refractivity contribution in [1.29, 1.82) is 0 Å². The molecule has 1 aromatic heterocycles. The molecular weight excluding hydrogens is 332 g/mol. The number of nitrogens with two attached hydrogens (primary N) is 1. The number of benzene rings is 1. The van der Waals surface area contributed by atoms with Gasteiger partial charge in [0.05, 0.1) is 12.0 Å². The Hall–Kier alpha value is -2.34. The van der Waals surface area contributed by atoms with E-state index < -0.39 is 0 Å². The summed E-state index contributed by atoms with van der Waals surface area (Å²) in [6, 6.07) is 7.71. The number of piperidine rings is 1. The minimum Gasteiger partial charge on any atom is -0.451 e. The van der Waals surface area contributed by atoms with Crippen LogP contribution in [0, 0.1) is 18.8 Å². The molecule has 2 amide bonds. The molecule has 26 heavy (non-hydrogen) atoms. The number of hydrogen-bond acceptors (Lipinski definition) is 4. The van der Waals surface area contributed by atoms with Crippen LogP contribution < -0.4 is 5.73 Å². The number of ether oxygens (including phenoxy) is 1. The van der Waals surface area contributed by atoms with E-state index in [1.807, 2.05) is 36.1 Å². The van der Waals surface area contributed by atoms with Gasteiger partial charge in [-0.15, -0.1) is 0 Å². The molecule has 1 aromatic carbocycles. The van der Waals surface area contributed by atoms with Crippen molar-refractivity contribution in [1.82, 2.24) is 4.90 Å². The molecule has 0 aliphatic carbocycles. The predicted molar refractivity (Wildman–Crippen MR) is 96.6 cm³/mol. The zero-order valence-electron chi connectivity index (χ0n) is 14.9. The molecule has 138 valence electrons. The van der Waals surface area contributed by atoms with Gasteiger partial charge in [-0.05, 0) is 50.3 Å². The van der Waals surface area contributed by atoms with E-state index >= 15 is 0 Å². The molecule has 6 heteroatoms. The largest absolute Gasteiger partial charge is 0.451 e. The van der Waals surface area contributed by atoms with Crippen molar-refractivity contribution in [2.24, 2.45) is 17.6 Å². The SMILES string of the molecule is Cc1ccc2oc(C(=O)N3CCC([C@H]4OCC[C@@H]4C(N)=O)CC3)cc2c1. The van der Waals surface area contributed by atoms with Gasteiger partial charge in [0.1, 0.15) is 5.58 Å². The third-order valence-corrected chi connectivity index (χ3v) is 5.68. The summed E-state index contributed by atoms with van der Waals surface area (Å²) in [5.41, 5.74) is 7.37. The second-order valence-electron chi connectivity index (χ2n) is 7.41. The molecule has 2 saturated heterocycles. The molecule has 0 bridgehead atoms. The first-order valence-corrected chi connectivity index (χ1v) is 9.23.